The minimum atomic E-state index is -4.25. The molecule has 0 saturated carbocycles. The zero-order valence-corrected chi connectivity index (χ0v) is 28.7. The monoisotopic (exact) mass is 609 g/mol. The van der Waals surface area contributed by atoms with Crippen LogP contribution in [0.15, 0.2) is 0 Å². The Morgan fingerprint density at radius 2 is 0.970 bits per heavy atom. The first kappa shape index (κ1) is 33.5. The topological polar surface area (TPSA) is 120 Å². The lowest BCUT2D eigenvalue weighted by Crippen LogP contribution is -2.70. The van der Waals surface area contributed by atoms with Gasteiger partial charge in [0.05, 0.1) is 0 Å². The molecule has 33 heavy (non-hydrogen) atoms. The predicted octanol–water partition coefficient (Wildman–Crippen LogP) is -0.626. The van der Waals surface area contributed by atoms with Crippen LogP contribution in [0.3, 0.4) is 0 Å². The largest absolute Gasteiger partial charge is 0.727 e. The van der Waals surface area contributed by atoms with Gasteiger partial charge in [-0.05, 0) is 26.2 Å². The lowest BCUT2D eigenvalue weighted by atomic mass is 11.8. The maximum absolute atomic E-state index is 6.19. The summed E-state index contributed by atoms with van der Waals surface area (Å²) < 4.78 is 74.4. The van der Waals surface area contributed by atoms with Gasteiger partial charge in [-0.15, -0.1) is 12.0 Å². The molecule has 1 radical (unpaired) electrons. The first-order valence-electron chi connectivity index (χ1n) is 9.30. The smallest absolute Gasteiger partial charge is 0.496 e. The fourth-order valence-electron chi connectivity index (χ4n) is 2.11. The van der Waals surface area contributed by atoms with E-state index in [0.29, 0.717) is 0 Å². The second kappa shape index (κ2) is 15.5. The highest BCUT2D eigenvalue weighted by atomic mass is 28.6. The predicted molar refractivity (Wildman–Crippen MR) is 130 cm³/mol. The van der Waals surface area contributed by atoms with Crippen molar-refractivity contribution in [3.05, 3.63) is 0 Å². The number of hydrogen-bond donors (Lipinski definition) is 0. The zero-order chi connectivity index (χ0) is 25.8. The normalized spacial score (nSPS) is 16.1. The van der Waals surface area contributed by atoms with Crippen LogP contribution in [0.25, 0.3) is 0 Å². The van der Waals surface area contributed by atoms with E-state index in [0.717, 1.165) is 0 Å². The number of rotatable bonds is 18. The van der Waals surface area contributed by atoms with Gasteiger partial charge in [0, 0.05) is 42.7 Å². The fraction of sp³-hybridized carbons (Fsp3) is 0.833. The number of hydrogen-bond acceptors (Lipinski definition) is 13. The minimum Gasteiger partial charge on any atom is -0.496 e. The molecule has 0 spiro atoms. The van der Waals surface area contributed by atoms with Crippen LogP contribution in [-0.2, 0) is 55.4 Å². The van der Waals surface area contributed by atoms with Gasteiger partial charge >= 0.3 is 36.2 Å². The van der Waals surface area contributed by atoms with E-state index < -0.39 is 72.7 Å². The highest BCUT2D eigenvalue weighted by Crippen LogP contribution is 2.28. The Bertz CT molecular complexity index is 644. The summed E-state index contributed by atoms with van der Waals surface area (Å²) in [6.45, 7) is 7.47. The van der Waals surface area contributed by atoms with Crippen molar-refractivity contribution < 1.29 is 55.4 Å². The van der Waals surface area contributed by atoms with Crippen molar-refractivity contribution in [3.8, 4) is 12.0 Å². The lowest BCUT2D eigenvalue weighted by molar-refractivity contribution is -0.0287. The molecule has 0 N–H and O–H groups in total. The van der Waals surface area contributed by atoms with Gasteiger partial charge in [-0.25, -0.2) is 0 Å². The summed E-state index contributed by atoms with van der Waals surface area (Å²) >= 11 is 0. The molecule has 0 aromatic rings. The maximum atomic E-state index is 6.19. The van der Waals surface area contributed by atoms with Crippen LogP contribution in [0.5, 0.6) is 0 Å². The zero-order valence-electron chi connectivity index (χ0n) is 20.5. The molecule has 0 heterocycles. The third-order valence-corrected chi connectivity index (χ3v) is 20.9. The lowest BCUT2D eigenvalue weighted by Gasteiger charge is -2.39. The molecule has 0 amide bonds. The highest BCUT2D eigenvalue weighted by molar-refractivity contribution is 6.82. The molecule has 0 aromatic heterocycles. The van der Waals surface area contributed by atoms with Crippen LogP contribution in [0.4, 0.5) is 0 Å². The van der Waals surface area contributed by atoms with Gasteiger partial charge in [-0.2, -0.15) is 0 Å². The van der Waals surface area contributed by atoms with E-state index in [2.05, 4.69) is 0 Å². The molecule has 2 unspecified atom stereocenters. The second-order valence-corrected chi connectivity index (χ2v) is 22.8. The standard InChI is InChI=1S/C12H33O13Si8/c1-13-30(14-2,15-3)23-33(20-27-8,22-29(11)12)25-31(16-4,17-5)24-32(18-6,19-26-7)21-28(9)10/h7-8,29H,1-6,9-12H3. The molecule has 0 fully saturated rings. The van der Waals surface area contributed by atoms with Crippen LogP contribution in [0, 0.1) is 12.0 Å². The van der Waals surface area contributed by atoms with Crippen molar-refractivity contribution in [1.29, 1.82) is 0 Å². The van der Waals surface area contributed by atoms with Crippen molar-refractivity contribution >= 4 is 72.7 Å². The van der Waals surface area contributed by atoms with Gasteiger partial charge < -0.3 is 55.4 Å². The summed E-state index contributed by atoms with van der Waals surface area (Å²) in [5, 5.41) is 0. The molecule has 191 valence electrons. The molecule has 0 aliphatic rings. The van der Waals surface area contributed by atoms with Gasteiger partial charge in [-0.1, -0.05) is 0 Å². The van der Waals surface area contributed by atoms with E-state index in [9.17, 15) is 0 Å². The van der Waals surface area contributed by atoms with Crippen LogP contribution in [0.2, 0.25) is 26.2 Å². The van der Waals surface area contributed by atoms with Crippen molar-refractivity contribution in [2.24, 2.45) is 0 Å². The molecule has 0 saturated heterocycles. The van der Waals surface area contributed by atoms with Gasteiger partial charge in [-0.3, -0.25) is 0 Å². The molecule has 21 heteroatoms. The van der Waals surface area contributed by atoms with Crippen LogP contribution < -0.4 is 0 Å². The van der Waals surface area contributed by atoms with E-state index in [4.69, 9.17) is 67.4 Å². The van der Waals surface area contributed by atoms with Crippen molar-refractivity contribution in [2.45, 2.75) is 26.2 Å². The van der Waals surface area contributed by atoms with E-state index in [1.807, 2.05) is 26.2 Å². The third-order valence-electron chi connectivity index (χ3n) is 3.33. The summed E-state index contributed by atoms with van der Waals surface area (Å²) in [5.41, 5.74) is 0. The average molecular weight is 610 g/mol. The molecule has 0 bridgehead atoms. The Morgan fingerprint density at radius 1 is 0.606 bits per heavy atom. The summed E-state index contributed by atoms with van der Waals surface area (Å²) in [7, 11) is -12.5. The maximum Gasteiger partial charge on any atom is 0.727 e. The Hall–Kier alpha value is 0.455. The summed E-state index contributed by atoms with van der Waals surface area (Å²) in [5.74, 6) is 0. The van der Waals surface area contributed by atoms with Gasteiger partial charge in [0.15, 0.2) is 9.04 Å². The molecule has 13 nitrogen and oxygen atoms in total. The second-order valence-electron chi connectivity index (χ2n) is 6.15. The van der Waals surface area contributed by atoms with E-state index >= 15 is 0 Å². The van der Waals surface area contributed by atoms with Gasteiger partial charge in [0.25, 0.3) is 0 Å². The van der Waals surface area contributed by atoms with E-state index in [-0.39, 0.29) is 0 Å². The molecule has 0 aliphatic heterocycles. The molecular formula is C12H33O13Si8. The molecule has 0 aliphatic carbocycles. The summed E-state index contributed by atoms with van der Waals surface area (Å²) in [6.07, 6.45) is 0. The fourth-order valence-corrected chi connectivity index (χ4v) is 20.9. The molecule has 2 atom stereocenters. The van der Waals surface area contributed by atoms with Crippen LogP contribution in [-0.4, -0.2) is 115 Å². The molecule has 0 rings (SSSR count). The Labute approximate surface area is 208 Å². The van der Waals surface area contributed by atoms with Gasteiger partial charge in [0.1, 0.15) is 0 Å². The quantitative estimate of drug-likeness (QED) is 0.184. The van der Waals surface area contributed by atoms with Crippen molar-refractivity contribution in [1.82, 2.24) is 0 Å². The Balaban J connectivity index is 6.59. The first-order chi connectivity index (χ1) is 15.4. The third kappa shape index (κ3) is 10.2. The SMILES string of the molecule is C#[Si]O[Si](OC)(O[Si](C)C)O[Si](OC)(OC)O[Si](O[Si]#C)(O[SiH](C)C)O[Si](OC)(OC)OC. The Kier molecular flexibility index (Phi) is 15.8. The molecular weight excluding hydrogens is 577 g/mol. The van der Waals surface area contributed by atoms with Crippen LogP contribution >= 0.6 is 0 Å². The van der Waals surface area contributed by atoms with Crippen molar-refractivity contribution in [3.63, 3.8) is 0 Å². The Morgan fingerprint density at radius 3 is 1.30 bits per heavy atom. The minimum absolute atomic E-state index is 0.509. The van der Waals surface area contributed by atoms with E-state index in [1.54, 1.807) is 0 Å². The average Bonchev–Trinajstić information content (AvgIpc) is 2.76. The molecule has 0 aromatic carbocycles. The highest BCUT2D eigenvalue weighted by Gasteiger charge is 2.69. The van der Waals surface area contributed by atoms with Crippen LogP contribution in [0.1, 0.15) is 0 Å². The van der Waals surface area contributed by atoms with Crippen molar-refractivity contribution in [2.75, 3.05) is 42.7 Å². The summed E-state index contributed by atoms with van der Waals surface area (Å²) in [4.78, 5) is 0. The van der Waals surface area contributed by atoms with Gasteiger partial charge in [0.2, 0.25) is 27.4 Å². The first-order valence-corrected chi connectivity index (χ1v) is 23.0. The van der Waals surface area contributed by atoms with E-state index in [1.165, 1.54) is 42.7 Å². The summed E-state index contributed by atoms with van der Waals surface area (Å²) in [6, 6.07) is 11.4.